The predicted molar refractivity (Wildman–Crippen MR) is 92.1 cm³/mol. The van der Waals surface area contributed by atoms with Crippen LogP contribution in [0.15, 0.2) is 16.7 Å². The molecule has 2 aromatic rings. The first-order valence-corrected chi connectivity index (χ1v) is 11.7. The molecule has 0 aliphatic rings. The lowest BCUT2D eigenvalue weighted by Crippen LogP contribution is -2.22. The van der Waals surface area contributed by atoms with Crippen LogP contribution < -0.4 is 0 Å². The van der Waals surface area contributed by atoms with Crippen LogP contribution in [0, 0.1) is 3.70 Å². The van der Waals surface area contributed by atoms with Crippen molar-refractivity contribution in [2.24, 2.45) is 0 Å². The van der Waals surface area contributed by atoms with Gasteiger partial charge in [0, 0.05) is 25.4 Å². The molecular formula is C12H17BrIN3OSi. The fourth-order valence-electron chi connectivity index (χ4n) is 1.64. The smallest absolute Gasteiger partial charge is 0.162 e. The molecule has 0 fully saturated rings. The molecular weight excluding hydrogens is 437 g/mol. The number of aromatic nitrogens is 3. The molecule has 0 aromatic carbocycles. The van der Waals surface area contributed by atoms with Crippen LogP contribution in [-0.2, 0) is 11.5 Å². The lowest BCUT2D eigenvalue weighted by atomic mass is 10.4. The Morgan fingerprint density at radius 1 is 1.42 bits per heavy atom. The van der Waals surface area contributed by atoms with Crippen molar-refractivity contribution < 1.29 is 4.74 Å². The SMILES string of the molecule is C[Si](C)(C)CCOCn1nc(I)c2c(Br)ccnc21. The van der Waals surface area contributed by atoms with Crippen molar-refractivity contribution in [1.82, 2.24) is 14.8 Å². The van der Waals surface area contributed by atoms with Crippen molar-refractivity contribution in [2.75, 3.05) is 6.61 Å². The summed E-state index contributed by atoms with van der Waals surface area (Å²) in [5.41, 5.74) is 0.867. The largest absolute Gasteiger partial charge is 0.359 e. The highest BCUT2D eigenvalue weighted by atomic mass is 127. The zero-order valence-electron chi connectivity index (χ0n) is 11.3. The van der Waals surface area contributed by atoms with Gasteiger partial charge in [-0.2, -0.15) is 5.10 Å². The third-order valence-electron chi connectivity index (χ3n) is 2.75. The van der Waals surface area contributed by atoms with Gasteiger partial charge < -0.3 is 4.74 Å². The quantitative estimate of drug-likeness (QED) is 0.388. The molecule has 0 bridgehead atoms. The van der Waals surface area contributed by atoms with Gasteiger partial charge in [-0.15, -0.1) is 0 Å². The molecule has 104 valence electrons. The Hall–Kier alpha value is 0.00688. The van der Waals surface area contributed by atoms with Gasteiger partial charge in [0.05, 0.1) is 5.39 Å². The van der Waals surface area contributed by atoms with E-state index in [2.05, 4.69) is 68.2 Å². The maximum atomic E-state index is 5.73. The first-order chi connectivity index (χ1) is 8.88. The molecule has 0 atom stereocenters. The molecule has 4 nitrogen and oxygen atoms in total. The van der Waals surface area contributed by atoms with E-state index in [-0.39, 0.29) is 0 Å². The van der Waals surface area contributed by atoms with Crippen molar-refractivity contribution >= 4 is 57.6 Å². The topological polar surface area (TPSA) is 39.9 Å². The summed E-state index contributed by atoms with van der Waals surface area (Å²) >= 11 is 5.76. The predicted octanol–water partition coefficient (Wildman–Crippen LogP) is 4.11. The van der Waals surface area contributed by atoms with Gasteiger partial charge in [-0.3, -0.25) is 0 Å². The van der Waals surface area contributed by atoms with Gasteiger partial charge in [-0.1, -0.05) is 19.6 Å². The first-order valence-electron chi connectivity index (χ1n) is 6.13. The number of hydrogen-bond acceptors (Lipinski definition) is 3. The number of ether oxygens (including phenoxy) is 1. The van der Waals surface area contributed by atoms with Crippen LogP contribution in [0.1, 0.15) is 0 Å². The second-order valence-corrected chi connectivity index (χ2v) is 13.1. The Balaban J connectivity index is 2.08. The molecule has 2 aromatic heterocycles. The van der Waals surface area contributed by atoms with Crippen LogP contribution in [0.2, 0.25) is 25.7 Å². The van der Waals surface area contributed by atoms with Crippen LogP contribution in [0.4, 0.5) is 0 Å². The third kappa shape index (κ3) is 3.99. The van der Waals surface area contributed by atoms with E-state index < -0.39 is 8.07 Å². The van der Waals surface area contributed by atoms with E-state index >= 15 is 0 Å². The van der Waals surface area contributed by atoms with Gasteiger partial charge in [0.25, 0.3) is 0 Å². The summed E-state index contributed by atoms with van der Waals surface area (Å²) in [6.45, 7) is 8.30. The van der Waals surface area contributed by atoms with E-state index in [0.29, 0.717) is 6.73 Å². The van der Waals surface area contributed by atoms with E-state index in [1.807, 2.05) is 10.7 Å². The van der Waals surface area contributed by atoms with Crippen LogP contribution in [0.3, 0.4) is 0 Å². The summed E-state index contributed by atoms with van der Waals surface area (Å²) in [5, 5.41) is 5.53. The average molecular weight is 454 g/mol. The summed E-state index contributed by atoms with van der Waals surface area (Å²) in [7, 11) is -1.03. The van der Waals surface area contributed by atoms with E-state index in [1.165, 1.54) is 6.04 Å². The van der Waals surface area contributed by atoms with Crippen molar-refractivity contribution in [3.05, 3.63) is 20.4 Å². The number of nitrogens with zero attached hydrogens (tertiary/aromatic N) is 3. The minimum absolute atomic E-state index is 0.466. The Bertz CT molecular complexity index is 582. The van der Waals surface area contributed by atoms with Gasteiger partial charge in [-0.05, 0) is 50.6 Å². The summed E-state index contributed by atoms with van der Waals surface area (Å²) < 4.78 is 9.53. The highest BCUT2D eigenvalue weighted by Gasteiger charge is 2.14. The normalized spacial score (nSPS) is 12.3. The fourth-order valence-corrected chi connectivity index (χ4v) is 4.04. The van der Waals surface area contributed by atoms with Crippen molar-refractivity contribution in [2.45, 2.75) is 32.4 Å². The second-order valence-electron chi connectivity index (χ2n) is 5.63. The molecule has 0 saturated carbocycles. The summed E-state index contributed by atoms with van der Waals surface area (Å²) in [6, 6.07) is 3.10. The standard InChI is InChI=1S/C12H17BrIN3OSi/c1-19(2,3)7-6-18-8-17-12-10(11(14)16-17)9(13)4-5-15-12/h4-5H,6-8H2,1-3H3. The van der Waals surface area contributed by atoms with Crippen LogP contribution in [0.5, 0.6) is 0 Å². The van der Waals surface area contributed by atoms with E-state index in [9.17, 15) is 0 Å². The van der Waals surface area contributed by atoms with Crippen molar-refractivity contribution in [3.8, 4) is 0 Å². The molecule has 0 saturated heterocycles. The molecule has 0 unspecified atom stereocenters. The Morgan fingerprint density at radius 2 is 2.16 bits per heavy atom. The Labute approximate surface area is 136 Å². The van der Waals surface area contributed by atoms with Crippen LogP contribution in [-0.4, -0.2) is 29.4 Å². The first kappa shape index (κ1) is 15.4. The van der Waals surface area contributed by atoms with Gasteiger partial charge >= 0.3 is 0 Å². The summed E-state index contributed by atoms with van der Waals surface area (Å²) in [5.74, 6) is 0. The van der Waals surface area contributed by atoms with E-state index in [1.54, 1.807) is 6.20 Å². The average Bonchev–Trinajstić information content (AvgIpc) is 2.62. The minimum atomic E-state index is -1.03. The Kier molecular flexibility index (Phi) is 5.02. The molecule has 0 N–H and O–H groups in total. The monoisotopic (exact) mass is 453 g/mol. The maximum absolute atomic E-state index is 5.73. The molecule has 7 heteroatoms. The van der Waals surface area contributed by atoms with Crippen molar-refractivity contribution in [3.63, 3.8) is 0 Å². The van der Waals surface area contributed by atoms with Gasteiger partial charge in [0.15, 0.2) is 5.65 Å². The van der Waals surface area contributed by atoms with Crippen molar-refractivity contribution in [1.29, 1.82) is 0 Å². The van der Waals surface area contributed by atoms with Crippen LogP contribution in [0.25, 0.3) is 11.0 Å². The molecule has 0 aliphatic carbocycles. The van der Waals surface area contributed by atoms with Gasteiger partial charge in [0.2, 0.25) is 0 Å². The summed E-state index contributed by atoms with van der Waals surface area (Å²) in [4.78, 5) is 4.38. The Morgan fingerprint density at radius 3 is 2.84 bits per heavy atom. The van der Waals surface area contributed by atoms with Crippen LogP contribution >= 0.6 is 38.5 Å². The highest BCUT2D eigenvalue weighted by Crippen LogP contribution is 2.26. The molecule has 0 spiro atoms. The molecule has 0 radical (unpaired) electrons. The lowest BCUT2D eigenvalue weighted by Gasteiger charge is -2.15. The molecule has 0 amide bonds. The minimum Gasteiger partial charge on any atom is -0.359 e. The molecule has 19 heavy (non-hydrogen) atoms. The zero-order valence-corrected chi connectivity index (χ0v) is 16.0. The molecule has 0 aliphatic heterocycles. The lowest BCUT2D eigenvalue weighted by molar-refractivity contribution is 0.0810. The molecule has 2 heterocycles. The number of pyridine rings is 1. The second kappa shape index (κ2) is 6.19. The van der Waals surface area contributed by atoms with Gasteiger partial charge in [-0.25, -0.2) is 9.67 Å². The number of hydrogen-bond donors (Lipinski definition) is 0. The fraction of sp³-hybridized carbons (Fsp3) is 0.500. The maximum Gasteiger partial charge on any atom is 0.162 e. The highest BCUT2D eigenvalue weighted by molar-refractivity contribution is 14.1. The zero-order chi connectivity index (χ0) is 14.0. The molecule has 2 rings (SSSR count). The van der Waals surface area contributed by atoms with E-state index in [4.69, 9.17) is 4.74 Å². The van der Waals surface area contributed by atoms with E-state index in [0.717, 1.165) is 25.8 Å². The number of fused-ring (bicyclic) bond motifs is 1. The summed E-state index contributed by atoms with van der Waals surface area (Å²) in [6.07, 6.45) is 1.78. The number of halogens is 2. The van der Waals surface area contributed by atoms with Gasteiger partial charge in [0.1, 0.15) is 10.4 Å². The third-order valence-corrected chi connectivity index (χ3v) is 5.87. The number of rotatable bonds is 5.